The maximum Gasteiger partial charge on any atom is 0.170 e. The number of nitrogens with two attached hydrogens (primary N) is 1. The Kier molecular flexibility index (Phi) is 4.04. The van der Waals surface area contributed by atoms with Gasteiger partial charge in [-0.25, -0.2) is 4.39 Å². The minimum absolute atomic E-state index is 0.0268. The summed E-state index contributed by atoms with van der Waals surface area (Å²) >= 11 is 0. The summed E-state index contributed by atoms with van der Waals surface area (Å²) in [5.41, 5.74) is 6.75. The van der Waals surface area contributed by atoms with Crippen molar-refractivity contribution < 1.29 is 9.18 Å². The molecule has 2 rings (SSSR count). The predicted molar refractivity (Wildman–Crippen MR) is 74.6 cm³/mol. The molecule has 2 nitrogen and oxygen atoms in total. The van der Waals surface area contributed by atoms with Crippen molar-refractivity contribution in [2.75, 3.05) is 6.54 Å². The molecule has 3 heteroatoms. The van der Waals surface area contributed by atoms with Crippen molar-refractivity contribution in [3.8, 4) is 0 Å². The molecule has 0 aliphatic heterocycles. The largest absolute Gasteiger partial charge is 0.329 e. The molecule has 0 heterocycles. The van der Waals surface area contributed by atoms with Gasteiger partial charge in [0.1, 0.15) is 5.82 Å². The van der Waals surface area contributed by atoms with Crippen LogP contribution in [0.1, 0.15) is 48.5 Å². The number of Topliss-reactive ketones (excluding diaryl/α,β-unsaturated/α-hetero) is 1. The maximum atomic E-state index is 13.4. The summed E-state index contributed by atoms with van der Waals surface area (Å²) in [6, 6.07) is 4.41. The highest BCUT2D eigenvalue weighted by Gasteiger charge is 2.40. The van der Waals surface area contributed by atoms with Gasteiger partial charge in [-0.15, -0.1) is 0 Å². The average molecular weight is 263 g/mol. The van der Waals surface area contributed by atoms with Gasteiger partial charge in [0.15, 0.2) is 5.78 Å². The summed E-state index contributed by atoms with van der Waals surface area (Å²) in [5, 5.41) is 0. The van der Waals surface area contributed by atoms with E-state index >= 15 is 0 Å². The minimum atomic E-state index is -0.481. The molecule has 1 aliphatic carbocycles. The van der Waals surface area contributed by atoms with Gasteiger partial charge in [0.25, 0.3) is 0 Å². The van der Waals surface area contributed by atoms with Crippen molar-refractivity contribution in [2.24, 2.45) is 17.1 Å². The van der Waals surface area contributed by atoms with Crippen LogP contribution in [-0.2, 0) is 0 Å². The topological polar surface area (TPSA) is 43.1 Å². The van der Waals surface area contributed by atoms with Gasteiger partial charge >= 0.3 is 0 Å². The molecule has 0 spiro atoms. The normalized spacial score (nSPS) is 27.3. The van der Waals surface area contributed by atoms with Crippen LogP contribution in [-0.4, -0.2) is 12.3 Å². The second-order valence-electron chi connectivity index (χ2n) is 5.96. The minimum Gasteiger partial charge on any atom is -0.329 e. The predicted octanol–water partition coefficient (Wildman–Crippen LogP) is 3.47. The lowest BCUT2D eigenvalue weighted by atomic mass is 9.66. The van der Waals surface area contributed by atoms with E-state index in [2.05, 4.69) is 6.92 Å². The van der Waals surface area contributed by atoms with Gasteiger partial charge in [-0.3, -0.25) is 4.79 Å². The molecule has 2 N–H and O–H groups in total. The highest BCUT2D eigenvalue weighted by Crippen LogP contribution is 2.41. The molecule has 1 saturated carbocycles. The van der Waals surface area contributed by atoms with Crippen LogP contribution in [0.3, 0.4) is 0 Å². The van der Waals surface area contributed by atoms with E-state index in [1.54, 1.807) is 6.07 Å². The Balaban J connectivity index is 2.33. The van der Waals surface area contributed by atoms with E-state index in [9.17, 15) is 9.18 Å². The Morgan fingerprint density at radius 3 is 2.63 bits per heavy atom. The van der Waals surface area contributed by atoms with Gasteiger partial charge in [0, 0.05) is 17.5 Å². The van der Waals surface area contributed by atoms with Crippen LogP contribution in [0.5, 0.6) is 0 Å². The number of hydrogen-bond donors (Lipinski definition) is 1. The number of aryl methyl sites for hydroxylation is 1. The number of ketones is 1. The lowest BCUT2D eigenvalue weighted by Crippen LogP contribution is -2.42. The fraction of sp³-hybridized carbons (Fsp3) is 0.562. The van der Waals surface area contributed by atoms with E-state index < -0.39 is 5.41 Å². The number of carbonyl (C=O) groups is 1. The van der Waals surface area contributed by atoms with Gasteiger partial charge in [-0.2, -0.15) is 0 Å². The third-order valence-corrected chi connectivity index (χ3v) is 4.55. The highest BCUT2D eigenvalue weighted by atomic mass is 19.1. The van der Waals surface area contributed by atoms with Crippen LogP contribution < -0.4 is 5.73 Å². The van der Waals surface area contributed by atoms with E-state index in [0.717, 1.165) is 31.2 Å². The number of benzene rings is 1. The SMILES string of the molecule is Cc1ccc(F)cc1C(=O)C1(CN)CCC(C)CC1. The van der Waals surface area contributed by atoms with Gasteiger partial charge in [0.05, 0.1) is 0 Å². The molecule has 0 atom stereocenters. The summed E-state index contributed by atoms with van der Waals surface area (Å²) in [6.45, 7) is 4.41. The Bertz CT molecular complexity index is 476. The first kappa shape index (κ1) is 14.2. The molecule has 104 valence electrons. The zero-order valence-electron chi connectivity index (χ0n) is 11.7. The molecule has 0 unspecified atom stereocenters. The fourth-order valence-corrected chi connectivity index (χ4v) is 2.96. The molecular formula is C16H22FNO. The van der Waals surface area contributed by atoms with E-state index in [1.807, 2.05) is 6.92 Å². The van der Waals surface area contributed by atoms with Crippen LogP contribution in [0, 0.1) is 24.1 Å². The Labute approximate surface area is 114 Å². The maximum absolute atomic E-state index is 13.4. The zero-order chi connectivity index (χ0) is 14.0. The first-order chi connectivity index (χ1) is 8.98. The highest BCUT2D eigenvalue weighted by molar-refractivity contribution is 6.02. The monoisotopic (exact) mass is 263 g/mol. The first-order valence-electron chi connectivity index (χ1n) is 6.99. The van der Waals surface area contributed by atoms with Gasteiger partial charge in [0.2, 0.25) is 0 Å². The Morgan fingerprint density at radius 2 is 2.05 bits per heavy atom. The van der Waals surface area contributed by atoms with Crippen molar-refractivity contribution in [2.45, 2.75) is 39.5 Å². The van der Waals surface area contributed by atoms with E-state index in [0.29, 0.717) is 18.0 Å². The molecule has 1 aliphatic rings. The van der Waals surface area contributed by atoms with Gasteiger partial charge in [-0.05, 0) is 56.2 Å². The molecule has 1 aromatic rings. The second-order valence-corrected chi connectivity index (χ2v) is 5.96. The van der Waals surface area contributed by atoms with E-state index in [1.165, 1.54) is 12.1 Å². The lowest BCUT2D eigenvalue weighted by molar-refractivity contribution is 0.0694. The van der Waals surface area contributed by atoms with Crippen molar-refractivity contribution in [1.29, 1.82) is 0 Å². The molecule has 0 radical (unpaired) electrons. The van der Waals surface area contributed by atoms with Crippen molar-refractivity contribution >= 4 is 5.78 Å². The van der Waals surface area contributed by atoms with Crippen molar-refractivity contribution in [3.05, 3.63) is 35.1 Å². The standard InChI is InChI=1S/C16H22FNO/c1-11-5-7-16(10-18,8-6-11)15(19)14-9-13(17)4-3-12(14)2/h3-4,9,11H,5-8,10,18H2,1-2H3. The molecule has 0 amide bonds. The fourth-order valence-electron chi connectivity index (χ4n) is 2.96. The van der Waals surface area contributed by atoms with Crippen LogP contribution in [0.25, 0.3) is 0 Å². The summed E-state index contributed by atoms with van der Waals surface area (Å²) in [7, 11) is 0. The molecular weight excluding hydrogens is 241 g/mol. The van der Waals surface area contributed by atoms with Crippen LogP contribution in [0.15, 0.2) is 18.2 Å². The molecule has 0 aromatic heterocycles. The van der Waals surface area contributed by atoms with Crippen LogP contribution in [0.4, 0.5) is 4.39 Å². The lowest BCUT2D eigenvalue weighted by Gasteiger charge is -2.37. The first-order valence-corrected chi connectivity index (χ1v) is 6.99. The molecule has 0 bridgehead atoms. The Morgan fingerprint density at radius 1 is 1.42 bits per heavy atom. The quantitative estimate of drug-likeness (QED) is 0.848. The smallest absolute Gasteiger partial charge is 0.170 e. The molecule has 0 saturated heterocycles. The summed E-state index contributed by atoms with van der Waals surface area (Å²) in [5.74, 6) is 0.324. The van der Waals surface area contributed by atoms with Gasteiger partial charge in [-0.1, -0.05) is 13.0 Å². The van der Waals surface area contributed by atoms with Crippen molar-refractivity contribution in [1.82, 2.24) is 0 Å². The second kappa shape index (κ2) is 5.41. The average Bonchev–Trinajstić information content (AvgIpc) is 2.42. The number of hydrogen-bond acceptors (Lipinski definition) is 2. The van der Waals surface area contributed by atoms with Crippen LogP contribution >= 0.6 is 0 Å². The number of carbonyl (C=O) groups excluding carboxylic acids is 1. The van der Waals surface area contributed by atoms with Gasteiger partial charge < -0.3 is 5.73 Å². The third kappa shape index (κ3) is 2.71. The number of halogens is 1. The van der Waals surface area contributed by atoms with Crippen LogP contribution in [0.2, 0.25) is 0 Å². The van der Waals surface area contributed by atoms with E-state index in [4.69, 9.17) is 5.73 Å². The molecule has 1 aromatic carbocycles. The van der Waals surface area contributed by atoms with E-state index in [-0.39, 0.29) is 11.6 Å². The van der Waals surface area contributed by atoms with Crippen molar-refractivity contribution in [3.63, 3.8) is 0 Å². The number of rotatable bonds is 3. The third-order valence-electron chi connectivity index (χ3n) is 4.55. The Hall–Kier alpha value is -1.22. The zero-order valence-corrected chi connectivity index (χ0v) is 11.7. The molecule has 1 fully saturated rings. The molecule has 19 heavy (non-hydrogen) atoms. The summed E-state index contributed by atoms with van der Waals surface area (Å²) in [6.07, 6.45) is 3.69. The summed E-state index contributed by atoms with van der Waals surface area (Å²) in [4.78, 5) is 12.8. The summed E-state index contributed by atoms with van der Waals surface area (Å²) < 4.78 is 13.4.